The van der Waals surface area contributed by atoms with Gasteiger partial charge in [-0.3, -0.25) is 25.8 Å². The van der Waals surface area contributed by atoms with Crippen LogP contribution in [0.5, 0.6) is 5.75 Å². The zero-order valence-corrected chi connectivity index (χ0v) is 18.3. The molecule has 0 bridgehead atoms. The first-order valence-corrected chi connectivity index (χ1v) is 10.2. The zero-order valence-electron chi connectivity index (χ0n) is 16.8. The average molecular weight is 446 g/mol. The lowest BCUT2D eigenvalue weighted by Crippen LogP contribution is -2.49. The number of hydrogen-bond donors (Lipinski definition) is 3. The number of carbonyl (C=O) groups is 2. The van der Waals surface area contributed by atoms with E-state index in [1.54, 1.807) is 24.3 Å². The first-order chi connectivity index (χ1) is 14.4. The molecule has 0 aliphatic heterocycles. The number of rotatable bonds is 7. The molecule has 3 N–H and O–H groups in total. The van der Waals surface area contributed by atoms with E-state index in [-0.39, 0.29) is 11.7 Å². The topological polar surface area (TPSA) is 79.5 Å². The number of hydrogen-bond acceptors (Lipinski definition) is 4. The normalized spacial score (nSPS) is 11.6. The van der Waals surface area contributed by atoms with E-state index in [0.29, 0.717) is 22.3 Å². The summed E-state index contributed by atoms with van der Waals surface area (Å²) in [5.41, 5.74) is 6.74. The number of halogens is 1. The lowest BCUT2D eigenvalue weighted by Gasteiger charge is -2.12. The van der Waals surface area contributed by atoms with Gasteiger partial charge in [-0.25, -0.2) is 0 Å². The van der Waals surface area contributed by atoms with Gasteiger partial charge in [-0.15, -0.1) is 0 Å². The lowest BCUT2D eigenvalue weighted by molar-refractivity contribution is -0.123. The van der Waals surface area contributed by atoms with Crippen molar-refractivity contribution in [2.45, 2.75) is 26.2 Å². The molecule has 6 nitrogen and oxygen atoms in total. The monoisotopic (exact) mass is 445 g/mol. The third-order valence-electron chi connectivity index (χ3n) is 4.30. The zero-order chi connectivity index (χ0) is 21.9. The summed E-state index contributed by atoms with van der Waals surface area (Å²) in [6, 6.07) is 14.8. The average Bonchev–Trinajstić information content (AvgIpc) is 2.75. The maximum atomic E-state index is 11.9. The molecular weight excluding hydrogens is 422 g/mol. The molecule has 2 amide bonds. The van der Waals surface area contributed by atoms with Gasteiger partial charge in [-0.05, 0) is 60.0 Å². The minimum Gasteiger partial charge on any atom is -0.484 e. The van der Waals surface area contributed by atoms with E-state index in [2.05, 4.69) is 30.0 Å². The van der Waals surface area contributed by atoms with Crippen molar-refractivity contribution in [2.24, 2.45) is 0 Å². The molecule has 0 heterocycles. The van der Waals surface area contributed by atoms with Crippen LogP contribution >= 0.6 is 23.8 Å². The second-order valence-electron chi connectivity index (χ2n) is 6.51. The van der Waals surface area contributed by atoms with Crippen LogP contribution in [0.25, 0.3) is 6.08 Å². The number of amides is 2. The van der Waals surface area contributed by atoms with E-state index in [4.69, 9.17) is 28.6 Å². The predicted octanol–water partition coefficient (Wildman–Crippen LogP) is 3.97. The highest BCUT2D eigenvalue weighted by Gasteiger charge is 2.07. The third-order valence-corrected chi connectivity index (χ3v) is 4.85. The molecule has 158 valence electrons. The number of hydrazine groups is 1. The van der Waals surface area contributed by atoms with E-state index < -0.39 is 11.8 Å². The summed E-state index contributed by atoms with van der Waals surface area (Å²) in [4.78, 5) is 23.8. The van der Waals surface area contributed by atoms with Gasteiger partial charge < -0.3 is 4.74 Å². The maximum Gasteiger partial charge on any atom is 0.276 e. The van der Waals surface area contributed by atoms with Crippen molar-refractivity contribution >= 4 is 46.8 Å². The van der Waals surface area contributed by atoms with Crippen molar-refractivity contribution in [3.63, 3.8) is 0 Å². The predicted molar refractivity (Wildman–Crippen MR) is 123 cm³/mol. The second-order valence-corrected chi connectivity index (χ2v) is 7.33. The van der Waals surface area contributed by atoms with Crippen molar-refractivity contribution in [3.05, 3.63) is 70.8 Å². The van der Waals surface area contributed by atoms with Gasteiger partial charge in [-0.2, -0.15) is 0 Å². The molecule has 0 saturated carbocycles. The molecular formula is C22H24ClN3O3S. The lowest BCUT2D eigenvalue weighted by atomic mass is 9.99. The molecule has 1 atom stereocenters. The van der Waals surface area contributed by atoms with Crippen molar-refractivity contribution in [2.75, 3.05) is 6.61 Å². The molecule has 0 fully saturated rings. The van der Waals surface area contributed by atoms with Crippen molar-refractivity contribution in [1.29, 1.82) is 0 Å². The van der Waals surface area contributed by atoms with Gasteiger partial charge in [0, 0.05) is 11.1 Å². The Morgan fingerprint density at radius 3 is 2.50 bits per heavy atom. The molecule has 1 unspecified atom stereocenters. The van der Waals surface area contributed by atoms with Crippen molar-refractivity contribution in [1.82, 2.24) is 16.2 Å². The third kappa shape index (κ3) is 7.85. The fraction of sp³-hybridized carbons (Fsp3) is 0.227. The Kier molecular flexibility index (Phi) is 9.31. The minimum absolute atomic E-state index is 0.0462. The summed E-state index contributed by atoms with van der Waals surface area (Å²) >= 11 is 11.0. The molecule has 0 aliphatic carbocycles. The number of carbonyl (C=O) groups excluding carboxylic acids is 2. The van der Waals surface area contributed by atoms with Crippen molar-refractivity contribution < 1.29 is 14.3 Å². The standard InChI is InChI=1S/C22H24ClN3O3S/c1-3-15(2)16-8-11-18(12-9-16)29-14-21(28)25-26-22(30)24-20(27)13-10-17-6-4-5-7-19(17)23/h4-13,15H,3,14H2,1-2H3,(H,25,28)(H2,24,26,27,30). The van der Waals surface area contributed by atoms with Gasteiger partial charge in [0.25, 0.3) is 5.91 Å². The molecule has 0 spiro atoms. The van der Waals surface area contributed by atoms with E-state index in [1.165, 1.54) is 11.6 Å². The minimum atomic E-state index is -0.459. The first-order valence-electron chi connectivity index (χ1n) is 9.44. The van der Waals surface area contributed by atoms with Crippen LogP contribution < -0.4 is 20.9 Å². The van der Waals surface area contributed by atoms with E-state index in [9.17, 15) is 9.59 Å². The molecule has 0 aliphatic rings. The Labute approximate surface area is 186 Å². The molecule has 2 aromatic carbocycles. The van der Waals surface area contributed by atoms with Crippen LogP contribution in [0.2, 0.25) is 5.02 Å². The highest BCUT2D eigenvalue weighted by molar-refractivity contribution is 7.80. The summed E-state index contributed by atoms with van der Waals surface area (Å²) in [6.45, 7) is 4.09. The van der Waals surface area contributed by atoms with E-state index in [1.807, 2.05) is 30.3 Å². The van der Waals surface area contributed by atoms with Crippen LogP contribution in [0.1, 0.15) is 37.3 Å². The summed E-state index contributed by atoms with van der Waals surface area (Å²) in [6.07, 6.45) is 3.92. The molecule has 2 rings (SSSR count). The summed E-state index contributed by atoms with van der Waals surface area (Å²) in [7, 11) is 0. The van der Waals surface area contributed by atoms with Crippen LogP contribution in [0, 0.1) is 0 Å². The Bertz CT molecular complexity index is 916. The van der Waals surface area contributed by atoms with Gasteiger partial charge in [0.15, 0.2) is 11.7 Å². The van der Waals surface area contributed by atoms with E-state index in [0.717, 1.165) is 6.42 Å². The Morgan fingerprint density at radius 2 is 1.83 bits per heavy atom. The van der Waals surface area contributed by atoms with Crippen LogP contribution in [0.4, 0.5) is 0 Å². The number of thiocarbonyl (C=S) groups is 1. The molecule has 2 aromatic rings. The quantitative estimate of drug-likeness (QED) is 0.341. The van der Waals surface area contributed by atoms with Crippen LogP contribution in [0.15, 0.2) is 54.6 Å². The van der Waals surface area contributed by atoms with Gasteiger partial charge in [0.05, 0.1) is 0 Å². The second kappa shape index (κ2) is 11.9. The highest BCUT2D eigenvalue weighted by Crippen LogP contribution is 2.21. The fourth-order valence-electron chi connectivity index (χ4n) is 2.40. The summed E-state index contributed by atoms with van der Waals surface area (Å²) < 4.78 is 5.44. The number of benzene rings is 2. The smallest absolute Gasteiger partial charge is 0.276 e. The summed E-state index contributed by atoms with van der Waals surface area (Å²) in [5.74, 6) is 0.170. The SMILES string of the molecule is CCC(C)c1ccc(OCC(=O)NNC(=S)NC(=O)C=Cc2ccccc2Cl)cc1. The van der Waals surface area contributed by atoms with Gasteiger partial charge in [0.2, 0.25) is 5.91 Å². The summed E-state index contributed by atoms with van der Waals surface area (Å²) in [5, 5.41) is 2.90. The maximum absolute atomic E-state index is 11.9. The van der Waals surface area contributed by atoms with Crippen LogP contribution in [-0.2, 0) is 9.59 Å². The fourth-order valence-corrected chi connectivity index (χ4v) is 2.75. The molecule has 8 heteroatoms. The molecule has 0 saturated heterocycles. The highest BCUT2D eigenvalue weighted by atomic mass is 35.5. The Morgan fingerprint density at radius 1 is 1.13 bits per heavy atom. The van der Waals surface area contributed by atoms with Gasteiger partial charge in [0.1, 0.15) is 5.75 Å². The van der Waals surface area contributed by atoms with Gasteiger partial charge >= 0.3 is 0 Å². The first kappa shape index (κ1) is 23.4. The van der Waals surface area contributed by atoms with Gasteiger partial charge in [-0.1, -0.05) is 55.8 Å². The number of nitrogens with one attached hydrogen (secondary N) is 3. The molecule has 0 radical (unpaired) electrons. The van der Waals surface area contributed by atoms with Crippen LogP contribution in [0.3, 0.4) is 0 Å². The Hall–Kier alpha value is -2.90. The molecule has 0 aromatic heterocycles. The largest absolute Gasteiger partial charge is 0.484 e. The van der Waals surface area contributed by atoms with E-state index >= 15 is 0 Å². The van der Waals surface area contributed by atoms with Crippen LogP contribution in [-0.4, -0.2) is 23.5 Å². The molecule has 30 heavy (non-hydrogen) atoms. The van der Waals surface area contributed by atoms with Crippen molar-refractivity contribution in [3.8, 4) is 5.75 Å². The number of ether oxygens (including phenoxy) is 1. The Balaban J connectivity index is 1.70.